The Morgan fingerprint density at radius 2 is 1.15 bits per heavy atom. The van der Waals surface area contributed by atoms with E-state index in [0.29, 0.717) is 17.2 Å². The first-order valence-corrected chi connectivity index (χ1v) is 14.2. The monoisotopic (exact) mass is 552 g/mol. The molecule has 3 aromatic rings. The summed E-state index contributed by atoms with van der Waals surface area (Å²) in [5, 5.41) is 0. The van der Waals surface area contributed by atoms with Crippen LogP contribution in [0.3, 0.4) is 0 Å². The van der Waals surface area contributed by atoms with Gasteiger partial charge in [0.1, 0.15) is 11.6 Å². The van der Waals surface area contributed by atoms with Gasteiger partial charge >= 0.3 is 0 Å². The van der Waals surface area contributed by atoms with E-state index in [1.807, 2.05) is 36.4 Å². The zero-order valence-corrected chi connectivity index (χ0v) is 24.0. The maximum atomic E-state index is 13.5. The first-order chi connectivity index (χ1) is 19.5. The zero-order chi connectivity index (χ0) is 28.3. The highest BCUT2D eigenvalue weighted by Crippen LogP contribution is 2.38. The highest BCUT2D eigenvalue weighted by Gasteiger charge is 2.19. The SMILES string of the molecule is COc1cc(CN2CCN(CCCCCCC(c3ccc(F)cc3)c3ccc(F)cc3)CC2)cc(OC)c1OC. The van der Waals surface area contributed by atoms with E-state index in [0.717, 1.165) is 75.2 Å². The molecular formula is C33H42F2N2O3. The van der Waals surface area contributed by atoms with E-state index in [1.54, 1.807) is 21.3 Å². The number of hydrogen-bond donors (Lipinski definition) is 0. The van der Waals surface area contributed by atoms with Crippen molar-refractivity contribution in [2.45, 2.75) is 44.6 Å². The van der Waals surface area contributed by atoms with Crippen LogP contribution in [0.4, 0.5) is 8.78 Å². The average Bonchev–Trinajstić information content (AvgIpc) is 2.98. The molecule has 1 saturated heterocycles. The van der Waals surface area contributed by atoms with Gasteiger partial charge in [0.15, 0.2) is 11.5 Å². The van der Waals surface area contributed by atoms with Gasteiger partial charge in [-0.15, -0.1) is 0 Å². The van der Waals surface area contributed by atoms with Crippen molar-refractivity contribution in [1.82, 2.24) is 9.80 Å². The third kappa shape index (κ3) is 8.18. The molecule has 1 aliphatic heterocycles. The van der Waals surface area contributed by atoms with Gasteiger partial charge in [0, 0.05) is 38.6 Å². The number of nitrogens with zero attached hydrogens (tertiary/aromatic N) is 2. The number of methoxy groups -OCH3 is 3. The summed E-state index contributed by atoms with van der Waals surface area (Å²) in [5.41, 5.74) is 3.32. The number of hydrogen-bond acceptors (Lipinski definition) is 5. The summed E-state index contributed by atoms with van der Waals surface area (Å²) in [6.45, 7) is 6.19. The molecule has 0 aromatic heterocycles. The smallest absolute Gasteiger partial charge is 0.203 e. The predicted molar refractivity (Wildman–Crippen MR) is 156 cm³/mol. The fourth-order valence-corrected chi connectivity index (χ4v) is 5.61. The highest BCUT2D eigenvalue weighted by molar-refractivity contribution is 5.53. The molecular weight excluding hydrogens is 510 g/mol. The van der Waals surface area contributed by atoms with Crippen molar-refractivity contribution < 1.29 is 23.0 Å². The maximum Gasteiger partial charge on any atom is 0.203 e. The van der Waals surface area contributed by atoms with E-state index >= 15 is 0 Å². The Morgan fingerprint density at radius 3 is 1.65 bits per heavy atom. The Hall–Kier alpha value is -3.16. The third-order valence-electron chi connectivity index (χ3n) is 7.86. The second-order valence-corrected chi connectivity index (χ2v) is 10.5. The van der Waals surface area contributed by atoms with Crippen LogP contribution in [-0.2, 0) is 6.54 Å². The third-order valence-corrected chi connectivity index (χ3v) is 7.86. The lowest BCUT2D eigenvalue weighted by Crippen LogP contribution is -2.46. The van der Waals surface area contributed by atoms with Gasteiger partial charge < -0.3 is 19.1 Å². The Labute approximate surface area is 237 Å². The second-order valence-electron chi connectivity index (χ2n) is 10.5. The first-order valence-electron chi connectivity index (χ1n) is 14.2. The minimum atomic E-state index is -0.233. The van der Waals surface area contributed by atoms with Gasteiger partial charge in [0.05, 0.1) is 21.3 Å². The van der Waals surface area contributed by atoms with E-state index in [9.17, 15) is 8.78 Å². The molecule has 0 bridgehead atoms. The Kier molecular flexibility index (Phi) is 11.2. The van der Waals surface area contributed by atoms with Crippen molar-refractivity contribution >= 4 is 0 Å². The van der Waals surface area contributed by atoms with Gasteiger partial charge in [-0.05, 0) is 72.5 Å². The topological polar surface area (TPSA) is 34.2 Å². The molecule has 216 valence electrons. The average molecular weight is 553 g/mol. The molecule has 1 fully saturated rings. The molecule has 0 N–H and O–H groups in total. The Morgan fingerprint density at radius 1 is 0.650 bits per heavy atom. The van der Waals surface area contributed by atoms with Crippen LogP contribution in [0.5, 0.6) is 17.2 Å². The van der Waals surface area contributed by atoms with Crippen LogP contribution in [0.15, 0.2) is 60.7 Å². The molecule has 4 rings (SSSR count). The summed E-state index contributed by atoms with van der Waals surface area (Å²) in [6.07, 6.45) is 5.58. The van der Waals surface area contributed by atoms with Crippen molar-refractivity contribution in [3.63, 3.8) is 0 Å². The van der Waals surface area contributed by atoms with Crippen molar-refractivity contribution in [3.8, 4) is 17.2 Å². The summed E-state index contributed by atoms with van der Waals surface area (Å²) in [5.74, 6) is 1.70. The molecule has 0 saturated carbocycles. The Bertz CT molecular complexity index is 1110. The van der Waals surface area contributed by atoms with Gasteiger partial charge in [-0.3, -0.25) is 4.90 Å². The van der Waals surface area contributed by atoms with Crippen LogP contribution < -0.4 is 14.2 Å². The number of benzene rings is 3. The van der Waals surface area contributed by atoms with Crippen molar-refractivity contribution in [2.24, 2.45) is 0 Å². The van der Waals surface area contributed by atoms with Crippen molar-refractivity contribution in [3.05, 3.63) is 89.0 Å². The molecule has 1 aliphatic rings. The highest BCUT2D eigenvalue weighted by atomic mass is 19.1. The first kappa shape index (κ1) is 29.8. The second kappa shape index (κ2) is 15.0. The number of ether oxygens (including phenoxy) is 3. The van der Waals surface area contributed by atoms with Gasteiger partial charge in [-0.1, -0.05) is 43.5 Å². The molecule has 0 spiro atoms. The standard InChI is InChI=1S/C33H42F2N2O3/c1-38-31-22-25(23-32(39-2)33(31)40-3)24-37-20-18-36(19-21-37)17-7-5-4-6-8-30(26-9-13-28(34)14-10-26)27-11-15-29(35)16-12-27/h9-16,22-23,30H,4-8,17-21,24H2,1-3H3. The molecule has 0 amide bonds. The Balaban J connectivity index is 1.18. The molecule has 0 radical (unpaired) electrons. The van der Waals surface area contributed by atoms with Crippen LogP contribution in [-0.4, -0.2) is 63.9 Å². The van der Waals surface area contributed by atoms with E-state index < -0.39 is 0 Å². The number of halogens is 2. The maximum absolute atomic E-state index is 13.5. The van der Waals surface area contributed by atoms with Gasteiger partial charge in [0.2, 0.25) is 5.75 Å². The van der Waals surface area contributed by atoms with Crippen molar-refractivity contribution in [2.75, 3.05) is 54.1 Å². The molecule has 1 heterocycles. The molecule has 0 unspecified atom stereocenters. The fraction of sp³-hybridized carbons (Fsp3) is 0.455. The summed E-state index contributed by atoms with van der Waals surface area (Å²) in [7, 11) is 4.92. The summed E-state index contributed by atoms with van der Waals surface area (Å²) in [4.78, 5) is 5.04. The van der Waals surface area contributed by atoms with Crippen LogP contribution >= 0.6 is 0 Å². The summed E-state index contributed by atoms with van der Waals surface area (Å²) in [6, 6.07) is 17.5. The van der Waals surface area contributed by atoms with Crippen LogP contribution in [0, 0.1) is 11.6 Å². The zero-order valence-electron chi connectivity index (χ0n) is 24.0. The van der Waals surface area contributed by atoms with Crippen LogP contribution in [0.1, 0.15) is 54.7 Å². The van der Waals surface area contributed by atoms with E-state index in [4.69, 9.17) is 14.2 Å². The van der Waals surface area contributed by atoms with E-state index in [2.05, 4.69) is 9.80 Å². The lowest BCUT2D eigenvalue weighted by Gasteiger charge is -2.34. The molecule has 7 heteroatoms. The van der Waals surface area contributed by atoms with Gasteiger partial charge in [-0.25, -0.2) is 8.78 Å². The van der Waals surface area contributed by atoms with Crippen LogP contribution in [0.25, 0.3) is 0 Å². The quantitative estimate of drug-likeness (QED) is 0.204. The minimum Gasteiger partial charge on any atom is -0.493 e. The molecule has 40 heavy (non-hydrogen) atoms. The number of unbranched alkanes of at least 4 members (excludes halogenated alkanes) is 3. The fourth-order valence-electron chi connectivity index (χ4n) is 5.61. The van der Waals surface area contributed by atoms with Gasteiger partial charge in [0.25, 0.3) is 0 Å². The minimum absolute atomic E-state index is 0.153. The normalized spacial score (nSPS) is 14.4. The van der Waals surface area contributed by atoms with E-state index in [1.165, 1.54) is 37.1 Å². The van der Waals surface area contributed by atoms with Gasteiger partial charge in [-0.2, -0.15) is 0 Å². The lowest BCUT2D eigenvalue weighted by molar-refractivity contribution is 0.125. The molecule has 0 atom stereocenters. The molecule has 0 aliphatic carbocycles. The van der Waals surface area contributed by atoms with Crippen LogP contribution in [0.2, 0.25) is 0 Å². The predicted octanol–water partition coefficient (Wildman–Crippen LogP) is 6.89. The largest absolute Gasteiger partial charge is 0.493 e. The summed E-state index contributed by atoms with van der Waals surface area (Å²) < 4.78 is 43.4. The number of rotatable bonds is 14. The van der Waals surface area contributed by atoms with E-state index in [-0.39, 0.29) is 17.6 Å². The summed E-state index contributed by atoms with van der Waals surface area (Å²) >= 11 is 0. The molecule has 5 nitrogen and oxygen atoms in total. The lowest BCUT2D eigenvalue weighted by atomic mass is 9.86. The number of piperazine rings is 1. The van der Waals surface area contributed by atoms with Crippen molar-refractivity contribution in [1.29, 1.82) is 0 Å². The molecule has 3 aromatic carbocycles.